The molecule has 4 rings (SSSR count). The third-order valence-electron chi connectivity index (χ3n) is 4.99. The van der Waals surface area contributed by atoms with Crippen LogP contribution in [0.3, 0.4) is 0 Å². The van der Waals surface area contributed by atoms with Crippen molar-refractivity contribution in [3.05, 3.63) is 53.4 Å². The molecule has 2 aromatic carbocycles. The van der Waals surface area contributed by atoms with E-state index in [1.165, 1.54) is 40.0 Å². The fourth-order valence-electron chi connectivity index (χ4n) is 3.14. The summed E-state index contributed by atoms with van der Waals surface area (Å²) in [6.07, 6.45) is 0. The number of thiazole rings is 1. The Morgan fingerprint density at radius 3 is 2.51 bits per heavy atom. The Morgan fingerprint density at radius 1 is 1.03 bits per heavy atom. The first kappa shape index (κ1) is 25.0. The third-order valence-corrected chi connectivity index (χ3v) is 7.72. The van der Waals surface area contributed by atoms with Crippen LogP contribution in [-0.4, -0.2) is 41.1 Å². The smallest absolute Gasteiger partial charge is 0.236 e. The summed E-state index contributed by atoms with van der Waals surface area (Å²) >= 11 is 4.11. The van der Waals surface area contributed by atoms with E-state index in [1.807, 2.05) is 35.7 Å². The van der Waals surface area contributed by atoms with E-state index in [2.05, 4.69) is 51.8 Å². The van der Waals surface area contributed by atoms with E-state index in [9.17, 15) is 4.79 Å². The van der Waals surface area contributed by atoms with Crippen molar-refractivity contribution in [3.8, 4) is 22.8 Å². The minimum atomic E-state index is -0.155. The first-order chi connectivity index (χ1) is 16.9. The number of thioether (sulfide) groups is 1. The first-order valence-corrected chi connectivity index (χ1v) is 13.4. The van der Waals surface area contributed by atoms with Crippen molar-refractivity contribution in [2.75, 3.05) is 30.6 Å². The van der Waals surface area contributed by atoms with Gasteiger partial charge in [0.2, 0.25) is 11.0 Å². The van der Waals surface area contributed by atoms with Crippen LogP contribution in [0.15, 0.2) is 52.2 Å². The molecular weight excluding hydrogens is 502 g/mol. The van der Waals surface area contributed by atoms with Gasteiger partial charge in [0.25, 0.3) is 0 Å². The zero-order valence-corrected chi connectivity index (χ0v) is 22.1. The lowest BCUT2D eigenvalue weighted by atomic mass is 10.0. The molecule has 0 saturated carbocycles. The molecule has 0 saturated heterocycles. The van der Waals surface area contributed by atoms with Gasteiger partial charge in [0.1, 0.15) is 0 Å². The molecule has 0 aliphatic heterocycles. The molecule has 182 valence electrons. The summed E-state index contributed by atoms with van der Waals surface area (Å²) in [6, 6.07) is 13.8. The highest BCUT2D eigenvalue weighted by molar-refractivity contribution is 8.01. The number of amides is 1. The van der Waals surface area contributed by atoms with Gasteiger partial charge >= 0.3 is 0 Å². The van der Waals surface area contributed by atoms with E-state index in [-0.39, 0.29) is 11.7 Å². The summed E-state index contributed by atoms with van der Waals surface area (Å²) in [7, 11) is 3.18. The number of methoxy groups -OCH3 is 2. The van der Waals surface area contributed by atoms with Crippen LogP contribution in [0, 0.1) is 0 Å². The Bertz CT molecular complexity index is 1290. The predicted molar refractivity (Wildman–Crippen MR) is 144 cm³/mol. The fraction of sp³-hybridized carbons (Fsp3) is 0.250. The van der Waals surface area contributed by atoms with Crippen LogP contribution in [0.2, 0.25) is 0 Å². The average molecular weight is 528 g/mol. The number of nitrogens with one attached hydrogen (secondary N) is 2. The average Bonchev–Trinajstić information content (AvgIpc) is 3.52. The van der Waals surface area contributed by atoms with Gasteiger partial charge in [-0.15, -0.1) is 21.5 Å². The predicted octanol–water partition coefficient (Wildman–Crippen LogP) is 6.28. The van der Waals surface area contributed by atoms with E-state index in [1.54, 1.807) is 14.2 Å². The summed E-state index contributed by atoms with van der Waals surface area (Å²) in [6.45, 7) is 4.33. The lowest BCUT2D eigenvalue weighted by Crippen LogP contribution is -2.13. The van der Waals surface area contributed by atoms with Crippen LogP contribution in [0.4, 0.5) is 16.0 Å². The number of anilines is 3. The highest BCUT2D eigenvalue weighted by Crippen LogP contribution is 2.34. The standard InChI is InChI=1S/C24H25N5O3S3/c1-14(2)15-5-8-17(9-6-15)25-23-28-29-24(35-23)34-13-21(30)27-22-26-18(12-33-22)16-7-10-19(31-3)20(11-16)32-4/h5-12,14H,13H2,1-4H3,(H,25,28)(H,26,27,30). The second kappa shape index (κ2) is 11.5. The Hall–Kier alpha value is -3.15. The Labute approximate surface area is 216 Å². The van der Waals surface area contributed by atoms with Crippen LogP contribution < -0.4 is 20.1 Å². The van der Waals surface area contributed by atoms with Crippen molar-refractivity contribution in [1.82, 2.24) is 15.2 Å². The van der Waals surface area contributed by atoms with E-state index in [0.717, 1.165) is 16.9 Å². The van der Waals surface area contributed by atoms with Gasteiger partial charge in [0.15, 0.2) is 21.0 Å². The molecule has 0 radical (unpaired) electrons. The van der Waals surface area contributed by atoms with E-state index < -0.39 is 0 Å². The van der Waals surface area contributed by atoms with Crippen molar-refractivity contribution in [1.29, 1.82) is 0 Å². The Morgan fingerprint density at radius 2 is 1.80 bits per heavy atom. The van der Waals surface area contributed by atoms with Crippen LogP contribution >= 0.6 is 34.4 Å². The molecule has 0 spiro atoms. The number of rotatable bonds is 10. The molecule has 0 bridgehead atoms. The summed E-state index contributed by atoms with van der Waals surface area (Å²) < 4.78 is 11.3. The summed E-state index contributed by atoms with van der Waals surface area (Å²) in [5.41, 5.74) is 3.86. The van der Waals surface area contributed by atoms with Crippen molar-refractivity contribution >= 4 is 56.3 Å². The summed E-state index contributed by atoms with van der Waals surface area (Å²) in [5, 5.41) is 17.5. The van der Waals surface area contributed by atoms with Gasteiger partial charge in [-0.05, 0) is 41.8 Å². The molecule has 0 atom stereocenters. The zero-order valence-electron chi connectivity index (χ0n) is 19.7. The van der Waals surface area contributed by atoms with Crippen LogP contribution in [0.1, 0.15) is 25.3 Å². The van der Waals surface area contributed by atoms with Gasteiger partial charge < -0.3 is 20.1 Å². The van der Waals surface area contributed by atoms with E-state index in [4.69, 9.17) is 9.47 Å². The highest BCUT2D eigenvalue weighted by Gasteiger charge is 2.13. The van der Waals surface area contributed by atoms with Gasteiger partial charge in [-0.2, -0.15) is 0 Å². The third kappa shape index (κ3) is 6.50. The normalized spacial score (nSPS) is 10.9. The Kier molecular flexibility index (Phi) is 8.21. The van der Waals surface area contributed by atoms with Crippen LogP contribution in [0.5, 0.6) is 11.5 Å². The maximum absolute atomic E-state index is 12.4. The van der Waals surface area contributed by atoms with Crippen molar-refractivity contribution in [2.45, 2.75) is 24.1 Å². The molecule has 0 aliphatic rings. The number of carbonyl (C=O) groups excluding carboxylic acids is 1. The van der Waals surface area contributed by atoms with Crippen molar-refractivity contribution < 1.29 is 14.3 Å². The molecular formula is C24H25N5O3S3. The van der Waals surface area contributed by atoms with Crippen molar-refractivity contribution in [3.63, 3.8) is 0 Å². The second-order valence-electron chi connectivity index (χ2n) is 7.72. The molecule has 0 unspecified atom stereocenters. The van der Waals surface area contributed by atoms with Gasteiger partial charge in [-0.25, -0.2) is 4.98 Å². The molecule has 1 amide bonds. The molecule has 2 aromatic heterocycles. The fourth-order valence-corrected chi connectivity index (χ4v) is 5.44. The molecule has 35 heavy (non-hydrogen) atoms. The molecule has 11 heteroatoms. The van der Waals surface area contributed by atoms with Crippen molar-refractivity contribution in [2.24, 2.45) is 0 Å². The highest BCUT2D eigenvalue weighted by atomic mass is 32.2. The minimum absolute atomic E-state index is 0.155. The van der Waals surface area contributed by atoms with Gasteiger partial charge in [0.05, 0.1) is 25.7 Å². The molecule has 0 aliphatic carbocycles. The Balaban J connectivity index is 1.29. The molecule has 8 nitrogen and oxygen atoms in total. The molecule has 2 heterocycles. The van der Waals surface area contributed by atoms with E-state index in [0.29, 0.717) is 32.0 Å². The number of benzene rings is 2. The maximum atomic E-state index is 12.4. The number of carbonyl (C=O) groups is 1. The number of ether oxygens (including phenoxy) is 2. The monoisotopic (exact) mass is 527 g/mol. The second-order valence-corrected chi connectivity index (χ2v) is 10.8. The molecule has 2 N–H and O–H groups in total. The van der Waals surface area contributed by atoms with Crippen LogP contribution in [-0.2, 0) is 4.79 Å². The molecule has 4 aromatic rings. The minimum Gasteiger partial charge on any atom is -0.493 e. The zero-order chi connectivity index (χ0) is 24.8. The number of hydrogen-bond acceptors (Lipinski definition) is 10. The SMILES string of the molecule is COc1ccc(-c2csc(NC(=O)CSc3nnc(Nc4ccc(C(C)C)cc4)s3)n2)cc1OC. The van der Waals surface area contributed by atoms with Gasteiger partial charge in [0, 0.05) is 16.6 Å². The van der Waals surface area contributed by atoms with Crippen LogP contribution in [0.25, 0.3) is 11.3 Å². The maximum Gasteiger partial charge on any atom is 0.236 e. The largest absolute Gasteiger partial charge is 0.493 e. The first-order valence-electron chi connectivity index (χ1n) is 10.8. The number of hydrogen-bond donors (Lipinski definition) is 2. The van der Waals surface area contributed by atoms with Gasteiger partial charge in [-0.3, -0.25) is 4.79 Å². The van der Waals surface area contributed by atoms with E-state index >= 15 is 0 Å². The number of nitrogens with zero attached hydrogens (tertiary/aromatic N) is 3. The summed E-state index contributed by atoms with van der Waals surface area (Å²) in [4.78, 5) is 17.0. The van der Waals surface area contributed by atoms with Gasteiger partial charge in [-0.1, -0.05) is 49.1 Å². The lowest BCUT2D eigenvalue weighted by molar-refractivity contribution is -0.113. The summed E-state index contributed by atoms with van der Waals surface area (Å²) in [5.74, 6) is 1.82. The number of aromatic nitrogens is 3. The molecule has 0 fully saturated rings. The lowest BCUT2D eigenvalue weighted by Gasteiger charge is -2.08. The topological polar surface area (TPSA) is 98.3 Å². The quantitative estimate of drug-likeness (QED) is 0.233.